The van der Waals surface area contributed by atoms with Gasteiger partial charge in [0.15, 0.2) is 17.5 Å². The maximum Gasteiger partial charge on any atom is 0.196 e. The normalized spacial score (nSPS) is 20.3. The molecule has 5 heteroatoms. The molecule has 0 saturated carbocycles. The van der Waals surface area contributed by atoms with Crippen LogP contribution in [-0.2, 0) is 0 Å². The summed E-state index contributed by atoms with van der Waals surface area (Å²) in [5.74, 6) is -3.32. The zero-order valence-electron chi connectivity index (χ0n) is 9.40. The zero-order valence-corrected chi connectivity index (χ0v) is 9.40. The lowest BCUT2D eigenvalue weighted by Gasteiger charge is -2.23. The van der Waals surface area contributed by atoms with Crippen LogP contribution in [0.1, 0.15) is 12.8 Å². The van der Waals surface area contributed by atoms with Crippen LogP contribution in [0.4, 0.5) is 18.9 Å². The van der Waals surface area contributed by atoms with Crippen molar-refractivity contribution in [3.05, 3.63) is 29.6 Å². The summed E-state index contributed by atoms with van der Waals surface area (Å²) in [5.41, 5.74) is 0.0227. The molecule has 2 N–H and O–H groups in total. The third-order valence-corrected chi connectivity index (χ3v) is 3.02. The van der Waals surface area contributed by atoms with Crippen molar-refractivity contribution in [2.45, 2.75) is 12.8 Å². The molecule has 0 amide bonds. The number of hydrogen-bond donors (Lipinski definition) is 2. The molecule has 0 spiro atoms. The van der Waals surface area contributed by atoms with E-state index in [4.69, 9.17) is 0 Å². The SMILES string of the molecule is Fc1ccc(NCC2CCCNC2)c(F)c1F. The van der Waals surface area contributed by atoms with Gasteiger partial charge in [-0.3, -0.25) is 0 Å². The average molecular weight is 244 g/mol. The predicted molar refractivity (Wildman–Crippen MR) is 60.4 cm³/mol. The molecule has 1 heterocycles. The fraction of sp³-hybridized carbons (Fsp3) is 0.500. The van der Waals surface area contributed by atoms with Gasteiger partial charge >= 0.3 is 0 Å². The number of nitrogens with one attached hydrogen (secondary N) is 2. The van der Waals surface area contributed by atoms with Gasteiger partial charge < -0.3 is 10.6 Å². The standard InChI is InChI=1S/C12H15F3N2/c13-9-3-4-10(12(15)11(9)14)17-7-8-2-1-5-16-6-8/h3-4,8,16-17H,1-2,5-7H2. The number of halogens is 3. The van der Waals surface area contributed by atoms with Crippen LogP contribution < -0.4 is 10.6 Å². The van der Waals surface area contributed by atoms with Gasteiger partial charge in [0.1, 0.15) is 0 Å². The Morgan fingerprint density at radius 2 is 2.06 bits per heavy atom. The summed E-state index contributed by atoms with van der Waals surface area (Å²) in [5, 5.41) is 6.07. The van der Waals surface area contributed by atoms with E-state index < -0.39 is 17.5 Å². The Hall–Kier alpha value is -1.23. The fourth-order valence-corrected chi connectivity index (χ4v) is 2.01. The van der Waals surface area contributed by atoms with Crippen molar-refractivity contribution in [3.8, 4) is 0 Å². The average Bonchev–Trinajstić information content (AvgIpc) is 2.36. The van der Waals surface area contributed by atoms with Crippen LogP contribution in [0.5, 0.6) is 0 Å². The van der Waals surface area contributed by atoms with Crippen LogP contribution in [0.3, 0.4) is 0 Å². The lowest BCUT2D eigenvalue weighted by molar-refractivity contribution is 0.391. The molecule has 2 rings (SSSR count). The van der Waals surface area contributed by atoms with Crippen molar-refractivity contribution in [2.75, 3.05) is 25.0 Å². The fourth-order valence-electron chi connectivity index (χ4n) is 2.01. The van der Waals surface area contributed by atoms with E-state index in [1.165, 1.54) is 6.07 Å². The van der Waals surface area contributed by atoms with E-state index in [2.05, 4.69) is 10.6 Å². The first-order valence-electron chi connectivity index (χ1n) is 5.76. The third kappa shape index (κ3) is 2.91. The largest absolute Gasteiger partial charge is 0.382 e. The van der Waals surface area contributed by atoms with Gasteiger partial charge in [-0.2, -0.15) is 0 Å². The molecule has 1 fully saturated rings. The minimum absolute atomic E-state index is 0.0227. The van der Waals surface area contributed by atoms with Gasteiger partial charge in [0.2, 0.25) is 0 Å². The Bertz CT molecular complexity index is 390. The minimum atomic E-state index is -1.42. The van der Waals surface area contributed by atoms with Crippen LogP contribution >= 0.6 is 0 Å². The Morgan fingerprint density at radius 3 is 2.76 bits per heavy atom. The quantitative estimate of drug-likeness (QED) is 0.798. The second-order valence-electron chi connectivity index (χ2n) is 4.32. The van der Waals surface area contributed by atoms with E-state index in [1.54, 1.807) is 0 Å². The predicted octanol–water partition coefficient (Wildman–Crippen LogP) is 2.52. The van der Waals surface area contributed by atoms with Gasteiger partial charge in [0.05, 0.1) is 5.69 Å². The lowest BCUT2D eigenvalue weighted by Crippen LogP contribution is -2.33. The van der Waals surface area contributed by atoms with Crippen molar-refractivity contribution < 1.29 is 13.2 Å². The van der Waals surface area contributed by atoms with E-state index in [9.17, 15) is 13.2 Å². The minimum Gasteiger partial charge on any atom is -0.382 e. The van der Waals surface area contributed by atoms with Crippen LogP contribution in [0, 0.1) is 23.4 Å². The van der Waals surface area contributed by atoms with Gasteiger partial charge in [0, 0.05) is 6.54 Å². The first kappa shape index (κ1) is 12.2. The molecule has 0 aliphatic carbocycles. The molecule has 2 nitrogen and oxygen atoms in total. The van der Waals surface area contributed by atoms with Crippen molar-refractivity contribution in [2.24, 2.45) is 5.92 Å². The first-order chi connectivity index (χ1) is 8.18. The highest BCUT2D eigenvalue weighted by molar-refractivity contribution is 5.45. The summed E-state index contributed by atoms with van der Waals surface area (Å²) in [4.78, 5) is 0. The van der Waals surface area contributed by atoms with Crippen molar-refractivity contribution in [3.63, 3.8) is 0 Å². The Labute approximate surface area is 98.2 Å². The maximum absolute atomic E-state index is 13.3. The van der Waals surface area contributed by atoms with Gasteiger partial charge in [-0.1, -0.05) is 0 Å². The molecule has 1 aliphatic heterocycles. The summed E-state index contributed by atoms with van der Waals surface area (Å²) in [7, 11) is 0. The van der Waals surface area contributed by atoms with Crippen molar-refractivity contribution in [1.82, 2.24) is 5.32 Å². The van der Waals surface area contributed by atoms with Crippen LogP contribution in [0.25, 0.3) is 0 Å². The van der Waals surface area contributed by atoms with E-state index in [-0.39, 0.29) is 5.69 Å². The van der Waals surface area contributed by atoms with Crippen LogP contribution in [-0.4, -0.2) is 19.6 Å². The molecular formula is C12H15F3N2. The smallest absolute Gasteiger partial charge is 0.196 e. The number of hydrogen-bond acceptors (Lipinski definition) is 2. The summed E-state index contributed by atoms with van der Waals surface area (Å²) < 4.78 is 39.0. The van der Waals surface area contributed by atoms with E-state index in [0.29, 0.717) is 12.5 Å². The molecule has 0 radical (unpaired) electrons. The number of anilines is 1. The number of benzene rings is 1. The molecule has 1 unspecified atom stereocenters. The highest BCUT2D eigenvalue weighted by Crippen LogP contribution is 2.20. The summed E-state index contributed by atoms with van der Waals surface area (Å²) >= 11 is 0. The lowest BCUT2D eigenvalue weighted by atomic mass is 10.00. The van der Waals surface area contributed by atoms with Crippen LogP contribution in [0.2, 0.25) is 0 Å². The second-order valence-corrected chi connectivity index (χ2v) is 4.32. The Morgan fingerprint density at radius 1 is 1.24 bits per heavy atom. The Kier molecular flexibility index (Phi) is 3.89. The molecule has 0 bridgehead atoms. The first-order valence-corrected chi connectivity index (χ1v) is 5.76. The topological polar surface area (TPSA) is 24.1 Å². The van der Waals surface area contributed by atoms with Gasteiger partial charge in [-0.05, 0) is 44.0 Å². The van der Waals surface area contributed by atoms with Crippen molar-refractivity contribution >= 4 is 5.69 Å². The van der Waals surface area contributed by atoms with E-state index >= 15 is 0 Å². The zero-order chi connectivity index (χ0) is 12.3. The van der Waals surface area contributed by atoms with Gasteiger partial charge in [0.25, 0.3) is 0 Å². The molecule has 1 aromatic rings. The van der Waals surface area contributed by atoms with E-state index in [0.717, 1.165) is 32.0 Å². The van der Waals surface area contributed by atoms with Gasteiger partial charge in [-0.15, -0.1) is 0 Å². The number of piperidine rings is 1. The summed E-state index contributed by atoms with van der Waals surface area (Å²) in [6.07, 6.45) is 2.15. The molecule has 1 atom stereocenters. The van der Waals surface area contributed by atoms with Crippen molar-refractivity contribution in [1.29, 1.82) is 0 Å². The maximum atomic E-state index is 13.3. The monoisotopic (exact) mass is 244 g/mol. The molecule has 17 heavy (non-hydrogen) atoms. The van der Waals surface area contributed by atoms with E-state index in [1.807, 2.05) is 0 Å². The molecule has 1 saturated heterocycles. The molecule has 1 aromatic carbocycles. The molecule has 0 aromatic heterocycles. The Balaban J connectivity index is 1.96. The molecular weight excluding hydrogens is 229 g/mol. The van der Waals surface area contributed by atoms with Crippen LogP contribution in [0.15, 0.2) is 12.1 Å². The highest BCUT2D eigenvalue weighted by Gasteiger charge is 2.16. The highest BCUT2D eigenvalue weighted by atomic mass is 19.2. The van der Waals surface area contributed by atoms with Gasteiger partial charge in [-0.25, -0.2) is 13.2 Å². The summed E-state index contributed by atoms with van der Waals surface area (Å²) in [6, 6.07) is 2.16. The molecule has 94 valence electrons. The number of rotatable bonds is 3. The third-order valence-electron chi connectivity index (χ3n) is 3.02. The summed E-state index contributed by atoms with van der Waals surface area (Å²) in [6.45, 7) is 2.45. The molecule has 1 aliphatic rings. The second kappa shape index (κ2) is 5.40.